The number of piperidine rings is 1. The van der Waals surface area contributed by atoms with Crippen molar-refractivity contribution in [3.63, 3.8) is 0 Å². The Morgan fingerprint density at radius 1 is 1.27 bits per heavy atom. The second-order valence-electron chi connectivity index (χ2n) is 7.44. The predicted molar refractivity (Wildman–Crippen MR) is 104 cm³/mol. The first-order chi connectivity index (χ1) is 12.2. The molecule has 0 aromatic heterocycles. The van der Waals surface area contributed by atoms with Gasteiger partial charge in [0.1, 0.15) is 11.4 Å². The summed E-state index contributed by atoms with van der Waals surface area (Å²) in [7, 11) is 1.58. The fraction of sp³-hybridized carbons (Fsp3) is 0.579. The molecule has 26 heavy (non-hydrogen) atoms. The minimum absolute atomic E-state index is 0.00525. The van der Waals surface area contributed by atoms with Crippen LogP contribution < -0.4 is 10.1 Å². The third-order valence-corrected chi connectivity index (χ3v) is 5.07. The van der Waals surface area contributed by atoms with Gasteiger partial charge in [-0.15, -0.1) is 0 Å². The van der Waals surface area contributed by atoms with Crippen LogP contribution in [0.5, 0.6) is 5.75 Å². The first kappa shape index (κ1) is 20.6. The number of rotatable bonds is 4. The maximum atomic E-state index is 12.8. The minimum atomic E-state index is -0.496. The zero-order chi connectivity index (χ0) is 19.3. The third-order valence-electron chi connectivity index (χ3n) is 4.25. The van der Waals surface area contributed by atoms with Gasteiger partial charge in [0.15, 0.2) is 0 Å². The van der Waals surface area contributed by atoms with Crippen molar-refractivity contribution in [2.75, 3.05) is 26.7 Å². The average molecular weight is 427 g/mol. The van der Waals surface area contributed by atoms with Gasteiger partial charge in [0.2, 0.25) is 0 Å². The number of methoxy groups -OCH3 is 1. The molecule has 1 N–H and O–H groups in total. The maximum Gasteiger partial charge on any atom is 0.407 e. The Balaban J connectivity index is 1.85. The number of nitrogens with one attached hydrogen (secondary N) is 1. The highest BCUT2D eigenvalue weighted by Gasteiger charge is 2.26. The predicted octanol–water partition coefficient (Wildman–Crippen LogP) is 3.83. The molecule has 1 aliphatic heterocycles. The van der Waals surface area contributed by atoms with Gasteiger partial charge in [-0.05, 0) is 67.6 Å². The zero-order valence-electron chi connectivity index (χ0n) is 15.8. The molecule has 7 heteroatoms. The Morgan fingerprint density at radius 2 is 1.92 bits per heavy atom. The second kappa shape index (κ2) is 8.75. The van der Waals surface area contributed by atoms with E-state index >= 15 is 0 Å². The number of hydrogen-bond donors (Lipinski definition) is 1. The van der Waals surface area contributed by atoms with Gasteiger partial charge in [-0.2, -0.15) is 0 Å². The summed E-state index contributed by atoms with van der Waals surface area (Å²) in [6.07, 6.45) is 1.31. The highest BCUT2D eigenvalue weighted by Crippen LogP contribution is 2.30. The summed E-state index contributed by atoms with van der Waals surface area (Å²) in [5.74, 6) is 0.988. The molecule has 0 atom stereocenters. The molecule has 0 bridgehead atoms. The van der Waals surface area contributed by atoms with Crippen LogP contribution >= 0.6 is 15.9 Å². The van der Waals surface area contributed by atoms with Crippen LogP contribution in [-0.2, 0) is 4.74 Å². The number of ether oxygens (including phenoxy) is 2. The van der Waals surface area contributed by atoms with Crippen molar-refractivity contribution in [2.45, 2.75) is 39.2 Å². The summed E-state index contributed by atoms with van der Waals surface area (Å²) in [5.41, 5.74) is 0.110. The lowest BCUT2D eigenvalue weighted by Gasteiger charge is -2.32. The van der Waals surface area contributed by atoms with Crippen LogP contribution in [-0.4, -0.2) is 49.2 Å². The van der Waals surface area contributed by atoms with Crippen LogP contribution in [0.15, 0.2) is 22.7 Å². The van der Waals surface area contributed by atoms with E-state index in [1.165, 1.54) is 0 Å². The lowest BCUT2D eigenvalue weighted by atomic mass is 9.96. The molecule has 0 radical (unpaired) electrons. The van der Waals surface area contributed by atoms with Crippen molar-refractivity contribution in [3.05, 3.63) is 28.2 Å². The summed E-state index contributed by atoms with van der Waals surface area (Å²) in [6.45, 7) is 7.43. The highest BCUT2D eigenvalue weighted by atomic mass is 79.9. The van der Waals surface area contributed by atoms with Gasteiger partial charge in [-0.25, -0.2) is 4.79 Å². The van der Waals surface area contributed by atoms with Crippen LogP contribution in [0.3, 0.4) is 0 Å². The number of halogens is 1. The molecule has 2 amide bonds. The Bertz CT molecular complexity index is 649. The van der Waals surface area contributed by atoms with Crippen molar-refractivity contribution in [1.29, 1.82) is 0 Å². The summed E-state index contributed by atoms with van der Waals surface area (Å²) >= 11 is 3.45. The lowest BCUT2D eigenvalue weighted by molar-refractivity contribution is 0.0500. The van der Waals surface area contributed by atoms with Crippen LogP contribution in [0.1, 0.15) is 44.0 Å². The number of carbonyl (C=O) groups is 2. The van der Waals surface area contributed by atoms with Gasteiger partial charge in [0, 0.05) is 19.6 Å². The standard InChI is InChI=1S/C19H27BrN2O4/c1-19(2,3)26-18(24)21-12-13-8-10-22(11-9-13)17(23)14-6-5-7-15(25-4)16(14)20/h5-7,13H,8-12H2,1-4H3,(H,21,24). The molecular weight excluding hydrogens is 400 g/mol. The smallest absolute Gasteiger partial charge is 0.407 e. The zero-order valence-corrected chi connectivity index (χ0v) is 17.4. The fourth-order valence-corrected chi connectivity index (χ4v) is 3.48. The average Bonchev–Trinajstić information content (AvgIpc) is 2.58. The largest absolute Gasteiger partial charge is 0.496 e. The first-order valence-electron chi connectivity index (χ1n) is 8.80. The minimum Gasteiger partial charge on any atom is -0.496 e. The molecule has 1 aromatic rings. The number of hydrogen-bond acceptors (Lipinski definition) is 4. The lowest BCUT2D eigenvalue weighted by Crippen LogP contribution is -2.42. The number of alkyl carbamates (subject to hydrolysis) is 1. The molecule has 1 heterocycles. The van der Waals surface area contributed by atoms with E-state index in [-0.39, 0.29) is 5.91 Å². The van der Waals surface area contributed by atoms with E-state index in [2.05, 4.69) is 21.2 Å². The van der Waals surface area contributed by atoms with Crippen molar-refractivity contribution in [3.8, 4) is 5.75 Å². The van der Waals surface area contributed by atoms with E-state index in [0.717, 1.165) is 12.8 Å². The van der Waals surface area contributed by atoms with Crippen LogP contribution in [0, 0.1) is 5.92 Å². The van der Waals surface area contributed by atoms with Gasteiger partial charge in [0.25, 0.3) is 5.91 Å². The molecule has 0 spiro atoms. The van der Waals surface area contributed by atoms with Gasteiger partial charge in [-0.3, -0.25) is 4.79 Å². The van der Waals surface area contributed by atoms with Crippen molar-refractivity contribution in [1.82, 2.24) is 10.2 Å². The number of benzene rings is 1. The summed E-state index contributed by atoms with van der Waals surface area (Å²) in [5, 5.41) is 2.82. The summed E-state index contributed by atoms with van der Waals surface area (Å²) in [6, 6.07) is 5.43. The van der Waals surface area contributed by atoms with Crippen LogP contribution in [0.2, 0.25) is 0 Å². The van der Waals surface area contributed by atoms with Gasteiger partial charge in [0.05, 0.1) is 17.1 Å². The molecule has 2 rings (SSSR count). The molecule has 0 unspecified atom stereocenters. The first-order valence-corrected chi connectivity index (χ1v) is 9.59. The second-order valence-corrected chi connectivity index (χ2v) is 8.23. The van der Waals surface area contributed by atoms with E-state index in [1.807, 2.05) is 37.8 Å². The Labute approximate surface area is 163 Å². The fourth-order valence-electron chi connectivity index (χ4n) is 2.89. The summed E-state index contributed by atoms with van der Waals surface area (Å²) in [4.78, 5) is 26.4. The molecule has 1 fully saturated rings. The Hall–Kier alpha value is -1.76. The molecule has 1 aromatic carbocycles. The normalized spacial score (nSPS) is 15.5. The van der Waals surface area contributed by atoms with E-state index in [9.17, 15) is 9.59 Å². The molecule has 6 nitrogen and oxygen atoms in total. The van der Waals surface area contributed by atoms with Crippen LogP contribution in [0.25, 0.3) is 0 Å². The Morgan fingerprint density at radius 3 is 2.50 bits per heavy atom. The van der Waals surface area contributed by atoms with Gasteiger partial charge >= 0.3 is 6.09 Å². The number of amides is 2. The number of carbonyl (C=O) groups excluding carboxylic acids is 2. The van der Waals surface area contributed by atoms with E-state index in [0.29, 0.717) is 41.3 Å². The molecule has 144 valence electrons. The topological polar surface area (TPSA) is 67.9 Å². The molecular formula is C19H27BrN2O4. The number of nitrogens with zero attached hydrogens (tertiary/aromatic N) is 1. The van der Waals surface area contributed by atoms with E-state index < -0.39 is 11.7 Å². The number of likely N-dealkylation sites (tertiary alicyclic amines) is 1. The van der Waals surface area contributed by atoms with Gasteiger partial charge < -0.3 is 19.7 Å². The van der Waals surface area contributed by atoms with E-state index in [4.69, 9.17) is 9.47 Å². The van der Waals surface area contributed by atoms with Crippen molar-refractivity contribution >= 4 is 27.9 Å². The van der Waals surface area contributed by atoms with Crippen LogP contribution in [0.4, 0.5) is 4.79 Å². The molecule has 0 saturated carbocycles. The maximum absolute atomic E-state index is 12.8. The third kappa shape index (κ3) is 5.62. The quantitative estimate of drug-likeness (QED) is 0.793. The Kier molecular flexibility index (Phi) is 6.92. The molecule has 0 aliphatic carbocycles. The monoisotopic (exact) mass is 426 g/mol. The summed E-state index contributed by atoms with van der Waals surface area (Å²) < 4.78 is 11.2. The van der Waals surface area contributed by atoms with E-state index in [1.54, 1.807) is 13.2 Å². The highest BCUT2D eigenvalue weighted by molar-refractivity contribution is 9.10. The van der Waals surface area contributed by atoms with Crippen molar-refractivity contribution in [2.24, 2.45) is 5.92 Å². The molecule has 1 saturated heterocycles. The van der Waals surface area contributed by atoms with Gasteiger partial charge in [-0.1, -0.05) is 6.07 Å². The SMILES string of the molecule is COc1cccc(C(=O)N2CCC(CNC(=O)OC(C)(C)C)CC2)c1Br. The van der Waals surface area contributed by atoms with Crippen molar-refractivity contribution < 1.29 is 19.1 Å². The molecule has 1 aliphatic rings.